The van der Waals surface area contributed by atoms with Crippen molar-refractivity contribution < 1.29 is 17.9 Å². The zero-order valence-corrected chi connectivity index (χ0v) is 18.2. The highest BCUT2D eigenvalue weighted by Gasteiger charge is 2.09. The van der Waals surface area contributed by atoms with E-state index in [9.17, 15) is 8.78 Å². The second kappa shape index (κ2) is 10.3. The monoisotopic (exact) mass is 444 g/mol. The molecule has 0 amide bonds. The Morgan fingerprint density at radius 3 is 2.12 bits per heavy atom. The van der Waals surface area contributed by atoms with Gasteiger partial charge in [0.1, 0.15) is 11.6 Å². The average molecular weight is 444 g/mol. The van der Waals surface area contributed by atoms with Gasteiger partial charge in [0.2, 0.25) is 0 Å². The first kappa shape index (κ1) is 22.5. The minimum atomic E-state index is -2.85. The van der Waals surface area contributed by atoms with Crippen molar-refractivity contribution in [1.29, 1.82) is 0 Å². The summed E-state index contributed by atoms with van der Waals surface area (Å²) in [5.41, 5.74) is 4.59. The van der Waals surface area contributed by atoms with E-state index in [1.54, 1.807) is 24.3 Å². The lowest BCUT2D eigenvalue weighted by Crippen LogP contribution is -2.02. The molecule has 0 saturated carbocycles. The first-order chi connectivity index (χ1) is 16.0. The molecule has 33 heavy (non-hydrogen) atoms. The van der Waals surface area contributed by atoms with Crippen molar-refractivity contribution in [2.75, 3.05) is 0 Å². The average Bonchev–Trinajstić information content (AvgIpc) is 2.83. The molecule has 0 aromatic heterocycles. The van der Waals surface area contributed by atoms with E-state index in [1.807, 2.05) is 30.3 Å². The summed E-state index contributed by atoms with van der Waals surface area (Å²) in [6, 6.07) is 23.8. The van der Waals surface area contributed by atoms with Crippen LogP contribution in [0.3, 0.4) is 0 Å². The van der Waals surface area contributed by atoms with E-state index in [1.165, 1.54) is 17.7 Å². The molecule has 4 aromatic rings. The van der Waals surface area contributed by atoms with Gasteiger partial charge in [-0.05, 0) is 77.7 Å². The van der Waals surface area contributed by atoms with E-state index in [2.05, 4.69) is 35.6 Å². The van der Waals surface area contributed by atoms with Gasteiger partial charge in [-0.1, -0.05) is 61.2 Å². The summed E-state index contributed by atoms with van der Waals surface area (Å²) in [7, 11) is 0. The van der Waals surface area contributed by atoms with Gasteiger partial charge in [0.25, 0.3) is 0 Å². The molecule has 4 aromatic carbocycles. The Labute approximate surface area is 191 Å². The minimum absolute atomic E-state index is 0.113. The Kier molecular flexibility index (Phi) is 7.00. The van der Waals surface area contributed by atoms with E-state index in [0.717, 1.165) is 28.5 Å². The van der Waals surface area contributed by atoms with Gasteiger partial charge in [-0.2, -0.15) is 8.78 Å². The highest BCUT2D eigenvalue weighted by molar-refractivity contribution is 5.85. The highest BCUT2D eigenvalue weighted by atomic mass is 19.3. The quantitative estimate of drug-likeness (QED) is 0.283. The number of fused-ring (bicyclic) bond motifs is 1. The molecule has 0 unspecified atom stereocenters. The predicted molar refractivity (Wildman–Crippen MR) is 126 cm³/mol. The number of benzene rings is 4. The number of hydrogen-bond donors (Lipinski definition) is 0. The number of rotatable bonds is 6. The molecule has 0 aliphatic rings. The van der Waals surface area contributed by atoms with Crippen LogP contribution in [0.1, 0.15) is 34.7 Å². The lowest BCUT2D eigenvalue weighted by molar-refractivity contribution is -0.0498. The van der Waals surface area contributed by atoms with Crippen molar-refractivity contribution in [3.63, 3.8) is 0 Å². The summed E-state index contributed by atoms with van der Waals surface area (Å²) in [5.74, 6) is 6.20. The Morgan fingerprint density at radius 1 is 0.758 bits per heavy atom. The molecule has 0 fully saturated rings. The molecule has 0 aliphatic carbocycles. The molecule has 0 radical (unpaired) electrons. The molecule has 0 bridgehead atoms. The van der Waals surface area contributed by atoms with E-state index in [-0.39, 0.29) is 11.6 Å². The SMILES string of the molecule is CCc1ccc(C#Cc2ccc3c(F)c(CCc4ccc(OC(F)F)cc4)ccc3c2)cc1. The zero-order valence-electron chi connectivity index (χ0n) is 18.2. The number of aryl methyl sites for hydroxylation is 3. The van der Waals surface area contributed by atoms with Crippen LogP contribution in [0.25, 0.3) is 10.8 Å². The van der Waals surface area contributed by atoms with Gasteiger partial charge in [-0.3, -0.25) is 0 Å². The van der Waals surface area contributed by atoms with Gasteiger partial charge in [0.15, 0.2) is 0 Å². The largest absolute Gasteiger partial charge is 0.435 e. The van der Waals surface area contributed by atoms with E-state index in [0.29, 0.717) is 23.8 Å². The van der Waals surface area contributed by atoms with Gasteiger partial charge in [-0.25, -0.2) is 4.39 Å². The zero-order chi connectivity index (χ0) is 23.2. The van der Waals surface area contributed by atoms with Crippen LogP contribution >= 0.6 is 0 Å². The van der Waals surface area contributed by atoms with Crippen LogP contribution in [-0.4, -0.2) is 6.61 Å². The lowest BCUT2D eigenvalue weighted by Gasteiger charge is -2.08. The standard InChI is InChI=1S/C29H23F3O/c1-2-20-3-5-21(6-4-20)7-8-23-12-18-27-25(19-23)15-14-24(28(27)30)13-9-22-10-16-26(17-11-22)33-29(31)32/h3-6,10-12,14-19,29H,2,9,13H2,1H3. The Morgan fingerprint density at radius 2 is 1.42 bits per heavy atom. The summed E-state index contributed by atoms with van der Waals surface area (Å²) >= 11 is 0. The van der Waals surface area contributed by atoms with E-state index < -0.39 is 6.61 Å². The van der Waals surface area contributed by atoms with Gasteiger partial charge in [0, 0.05) is 16.5 Å². The summed E-state index contributed by atoms with van der Waals surface area (Å²) in [4.78, 5) is 0. The molecule has 0 aliphatic heterocycles. The topological polar surface area (TPSA) is 9.23 Å². The van der Waals surface area contributed by atoms with Crippen LogP contribution in [0, 0.1) is 17.7 Å². The molecular weight excluding hydrogens is 421 g/mol. The summed E-state index contributed by atoms with van der Waals surface area (Å²) < 4.78 is 44.0. The lowest BCUT2D eigenvalue weighted by atomic mass is 9.99. The van der Waals surface area contributed by atoms with Crippen molar-refractivity contribution in [3.05, 3.63) is 112 Å². The Hall–Kier alpha value is -3.71. The van der Waals surface area contributed by atoms with Crippen LogP contribution in [0.15, 0.2) is 78.9 Å². The van der Waals surface area contributed by atoms with Crippen molar-refractivity contribution in [1.82, 2.24) is 0 Å². The van der Waals surface area contributed by atoms with Crippen molar-refractivity contribution in [2.45, 2.75) is 32.8 Å². The second-order valence-corrected chi connectivity index (χ2v) is 7.80. The Balaban J connectivity index is 1.47. The fourth-order valence-electron chi connectivity index (χ4n) is 3.69. The number of ether oxygens (including phenoxy) is 1. The molecule has 166 valence electrons. The van der Waals surface area contributed by atoms with Crippen LogP contribution < -0.4 is 4.74 Å². The number of alkyl halides is 2. The molecule has 0 N–H and O–H groups in total. The second-order valence-electron chi connectivity index (χ2n) is 7.80. The van der Waals surface area contributed by atoms with Crippen LogP contribution in [-0.2, 0) is 19.3 Å². The van der Waals surface area contributed by atoms with Gasteiger partial charge in [-0.15, -0.1) is 0 Å². The molecule has 0 heterocycles. The molecule has 4 heteroatoms. The maximum Gasteiger partial charge on any atom is 0.387 e. The summed E-state index contributed by atoms with van der Waals surface area (Å²) in [5, 5.41) is 1.36. The smallest absolute Gasteiger partial charge is 0.387 e. The normalized spacial score (nSPS) is 10.8. The van der Waals surface area contributed by atoms with Crippen LogP contribution in [0.4, 0.5) is 13.2 Å². The van der Waals surface area contributed by atoms with Crippen molar-refractivity contribution >= 4 is 10.8 Å². The van der Waals surface area contributed by atoms with Gasteiger partial charge >= 0.3 is 6.61 Å². The van der Waals surface area contributed by atoms with Crippen LogP contribution in [0.5, 0.6) is 5.75 Å². The molecule has 4 rings (SSSR count). The molecule has 0 atom stereocenters. The Bertz CT molecular complexity index is 1300. The first-order valence-electron chi connectivity index (χ1n) is 10.9. The van der Waals surface area contributed by atoms with Crippen molar-refractivity contribution in [3.8, 4) is 17.6 Å². The first-order valence-corrected chi connectivity index (χ1v) is 10.9. The third-order valence-electron chi connectivity index (χ3n) is 5.58. The van der Waals surface area contributed by atoms with E-state index in [4.69, 9.17) is 0 Å². The third-order valence-corrected chi connectivity index (χ3v) is 5.58. The molecule has 0 spiro atoms. The number of hydrogen-bond acceptors (Lipinski definition) is 1. The van der Waals surface area contributed by atoms with Gasteiger partial charge in [0.05, 0.1) is 0 Å². The molecular formula is C29H23F3O. The van der Waals surface area contributed by atoms with E-state index >= 15 is 4.39 Å². The third kappa shape index (κ3) is 5.75. The minimum Gasteiger partial charge on any atom is -0.435 e. The van der Waals surface area contributed by atoms with Crippen LogP contribution in [0.2, 0.25) is 0 Å². The maximum absolute atomic E-state index is 15.1. The maximum atomic E-state index is 15.1. The molecule has 1 nitrogen and oxygen atoms in total. The molecule has 0 saturated heterocycles. The predicted octanol–water partition coefficient (Wildman–Crippen LogP) is 7.33. The fourth-order valence-corrected chi connectivity index (χ4v) is 3.69. The number of halogens is 3. The summed E-state index contributed by atoms with van der Waals surface area (Å²) in [6.45, 7) is -0.729. The fraction of sp³-hybridized carbons (Fsp3) is 0.172. The highest BCUT2D eigenvalue weighted by Crippen LogP contribution is 2.24. The van der Waals surface area contributed by atoms with Gasteiger partial charge < -0.3 is 4.74 Å². The summed E-state index contributed by atoms with van der Waals surface area (Å²) in [6.07, 6.45) is 2.10. The van der Waals surface area contributed by atoms with Crippen molar-refractivity contribution in [2.24, 2.45) is 0 Å².